The minimum Gasteiger partial charge on any atom is -0.497 e. The molecule has 2 rings (SSSR count). The zero-order valence-corrected chi connectivity index (χ0v) is 15.0. The van der Waals surface area contributed by atoms with Crippen LogP contribution in [0.1, 0.15) is 25.0 Å². The van der Waals surface area contributed by atoms with E-state index in [0.717, 1.165) is 24.8 Å². The molecule has 0 aliphatic rings. The molecule has 0 aromatic heterocycles. The maximum atomic E-state index is 5.23. The van der Waals surface area contributed by atoms with E-state index in [1.165, 1.54) is 11.1 Å². The molecule has 0 radical (unpaired) electrons. The second-order valence-electron chi connectivity index (χ2n) is 6.38. The highest BCUT2D eigenvalue weighted by Gasteiger charge is 2.21. The molecule has 0 bridgehead atoms. The number of hydrogen-bond donors (Lipinski definition) is 2. The maximum absolute atomic E-state index is 5.23. The van der Waals surface area contributed by atoms with E-state index in [9.17, 15) is 0 Å². The lowest BCUT2D eigenvalue weighted by atomic mass is 9.84. The van der Waals surface area contributed by atoms with Crippen LogP contribution in [0.25, 0.3) is 0 Å². The van der Waals surface area contributed by atoms with Crippen molar-refractivity contribution in [3.05, 3.63) is 65.7 Å². The van der Waals surface area contributed by atoms with Crippen molar-refractivity contribution in [3.63, 3.8) is 0 Å². The highest BCUT2D eigenvalue weighted by molar-refractivity contribution is 5.79. The van der Waals surface area contributed by atoms with E-state index < -0.39 is 0 Å². The van der Waals surface area contributed by atoms with Gasteiger partial charge in [-0.15, -0.1) is 0 Å². The van der Waals surface area contributed by atoms with Gasteiger partial charge in [-0.1, -0.05) is 56.3 Å². The predicted octanol–water partition coefficient (Wildman–Crippen LogP) is 3.34. The normalized spacial score (nSPS) is 11.9. The van der Waals surface area contributed by atoms with Crippen LogP contribution in [0.15, 0.2) is 59.6 Å². The van der Waals surface area contributed by atoms with Gasteiger partial charge in [0.25, 0.3) is 0 Å². The van der Waals surface area contributed by atoms with E-state index >= 15 is 0 Å². The van der Waals surface area contributed by atoms with Crippen molar-refractivity contribution in [2.75, 3.05) is 20.7 Å². The molecule has 0 aliphatic carbocycles. The Morgan fingerprint density at radius 2 is 1.67 bits per heavy atom. The number of aliphatic imine (C=N–C) groups is 1. The minimum atomic E-state index is -0.0172. The number of benzene rings is 2. The van der Waals surface area contributed by atoms with Gasteiger partial charge in [-0.2, -0.15) is 0 Å². The number of ether oxygens (including phenoxy) is 1. The van der Waals surface area contributed by atoms with Crippen LogP contribution in [0.4, 0.5) is 0 Å². The van der Waals surface area contributed by atoms with E-state index in [4.69, 9.17) is 4.74 Å². The number of rotatable bonds is 6. The molecule has 0 fully saturated rings. The number of nitrogens with zero attached hydrogens (tertiary/aromatic N) is 1. The molecule has 0 spiro atoms. The van der Waals surface area contributed by atoms with Gasteiger partial charge in [0.05, 0.1) is 7.11 Å². The Bertz CT molecular complexity index is 648. The zero-order chi connectivity index (χ0) is 17.4. The first-order chi connectivity index (χ1) is 11.5. The minimum absolute atomic E-state index is 0.0172. The van der Waals surface area contributed by atoms with Crippen LogP contribution in [0.3, 0.4) is 0 Å². The summed E-state index contributed by atoms with van der Waals surface area (Å²) in [5.74, 6) is 1.68. The molecule has 0 saturated carbocycles. The van der Waals surface area contributed by atoms with Crippen molar-refractivity contribution in [3.8, 4) is 5.75 Å². The summed E-state index contributed by atoms with van der Waals surface area (Å²) < 4.78 is 5.23. The summed E-state index contributed by atoms with van der Waals surface area (Å²) in [6, 6.07) is 18.5. The van der Waals surface area contributed by atoms with Gasteiger partial charge in [0.1, 0.15) is 5.75 Å². The summed E-state index contributed by atoms with van der Waals surface area (Å²) in [5.41, 5.74) is 2.47. The van der Waals surface area contributed by atoms with Crippen LogP contribution in [-0.4, -0.2) is 26.7 Å². The van der Waals surface area contributed by atoms with Crippen LogP contribution in [0.5, 0.6) is 5.75 Å². The van der Waals surface area contributed by atoms with Crippen molar-refractivity contribution in [1.82, 2.24) is 10.6 Å². The number of guanidine groups is 1. The van der Waals surface area contributed by atoms with Crippen molar-refractivity contribution >= 4 is 5.96 Å². The molecule has 4 heteroatoms. The largest absolute Gasteiger partial charge is 0.497 e. The van der Waals surface area contributed by atoms with Gasteiger partial charge in [-0.05, 0) is 23.3 Å². The molecule has 0 amide bonds. The van der Waals surface area contributed by atoms with Gasteiger partial charge < -0.3 is 15.4 Å². The molecule has 4 nitrogen and oxygen atoms in total. The summed E-state index contributed by atoms with van der Waals surface area (Å²) >= 11 is 0. The van der Waals surface area contributed by atoms with Crippen molar-refractivity contribution < 1.29 is 4.74 Å². The first-order valence-corrected chi connectivity index (χ1v) is 8.18. The topological polar surface area (TPSA) is 45.7 Å². The monoisotopic (exact) mass is 325 g/mol. The fourth-order valence-electron chi connectivity index (χ4n) is 2.45. The number of methoxy groups -OCH3 is 1. The van der Waals surface area contributed by atoms with Gasteiger partial charge >= 0.3 is 0 Å². The van der Waals surface area contributed by atoms with Gasteiger partial charge in [-0.25, -0.2) is 0 Å². The predicted molar refractivity (Wildman–Crippen MR) is 101 cm³/mol. The summed E-state index contributed by atoms with van der Waals surface area (Å²) in [4.78, 5) is 4.30. The Hall–Kier alpha value is -2.49. The Labute approximate surface area is 145 Å². The van der Waals surface area contributed by atoms with E-state index in [-0.39, 0.29) is 5.41 Å². The Balaban J connectivity index is 1.91. The molecule has 128 valence electrons. The van der Waals surface area contributed by atoms with Gasteiger partial charge in [0, 0.05) is 25.6 Å². The van der Waals surface area contributed by atoms with E-state index in [0.29, 0.717) is 0 Å². The molecular weight excluding hydrogens is 298 g/mol. The second-order valence-corrected chi connectivity index (χ2v) is 6.38. The van der Waals surface area contributed by atoms with Crippen LogP contribution in [0, 0.1) is 0 Å². The molecule has 2 aromatic carbocycles. The molecule has 0 unspecified atom stereocenters. The maximum Gasteiger partial charge on any atom is 0.191 e. The highest BCUT2D eigenvalue weighted by Crippen LogP contribution is 2.24. The molecule has 0 atom stereocenters. The van der Waals surface area contributed by atoms with Crippen LogP contribution >= 0.6 is 0 Å². The van der Waals surface area contributed by atoms with Crippen LogP contribution in [0.2, 0.25) is 0 Å². The van der Waals surface area contributed by atoms with Gasteiger partial charge in [0.2, 0.25) is 0 Å². The SMILES string of the molecule is CN=C(NCc1ccccc1)NCC(C)(C)c1ccc(OC)cc1. The lowest BCUT2D eigenvalue weighted by Gasteiger charge is -2.27. The van der Waals surface area contributed by atoms with Gasteiger partial charge in [-0.3, -0.25) is 4.99 Å². The lowest BCUT2D eigenvalue weighted by Crippen LogP contribution is -2.43. The standard InChI is InChI=1S/C20H27N3O/c1-20(2,17-10-12-18(24-4)13-11-17)15-23-19(21-3)22-14-16-8-6-5-7-9-16/h5-13H,14-15H2,1-4H3,(H2,21,22,23). The average molecular weight is 325 g/mol. The summed E-state index contributed by atoms with van der Waals surface area (Å²) in [7, 11) is 3.48. The Morgan fingerprint density at radius 3 is 2.25 bits per heavy atom. The summed E-state index contributed by atoms with van der Waals surface area (Å²) in [5, 5.41) is 6.76. The van der Waals surface area contributed by atoms with Crippen molar-refractivity contribution in [2.45, 2.75) is 25.8 Å². The zero-order valence-electron chi connectivity index (χ0n) is 15.0. The fraction of sp³-hybridized carbons (Fsp3) is 0.350. The first-order valence-electron chi connectivity index (χ1n) is 8.18. The molecule has 0 aliphatic heterocycles. The molecule has 0 heterocycles. The smallest absolute Gasteiger partial charge is 0.191 e. The molecule has 2 aromatic rings. The van der Waals surface area contributed by atoms with E-state index in [2.05, 4.69) is 53.7 Å². The third-order valence-corrected chi connectivity index (χ3v) is 4.10. The first kappa shape index (κ1) is 17.9. The Kier molecular flexibility index (Phi) is 6.24. The third-order valence-electron chi connectivity index (χ3n) is 4.10. The van der Waals surface area contributed by atoms with E-state index in [1.807, 2.05) is 30.3 Å². The highest BCUT2D eigenvalue weighted by atomic mass is 16.5. The van der Waals surface area contributed by atoms with Crippen LogP contribution < -0.4 is 15.4 Å². The number of hydrogen-bond acceptors (Lipinski definition) is 2. The van der Waals surface area contributed by atoms with Crippen molar-refractivity contribution in [2.24, 2.45) is 4.99 Å². The average Bonchev–Trinajstić information content (AvgIpc) is 2.62. The summed E-state index contributed by atoms with van der Waals surface area (Å²) in [6.45, 7) is 5.97. The Morgan fingerprint density at radius 1 is 1.00 bits per heavy atom. The lowest BCUT2D eigenvalue weighted by molar-refractivity contribution is 0.414. The van der Waals surface area contributed by atoms with Crippen LogP contribution in [-0.2, 0) is 12.0 Å². The second kappa shape index (κ2) is 8.39. The quantitative estimate of drug-likeness (QED) is 0.632. The fourth-order valence-corrected chi connectivity index (χ4v) is 2.45. The number of nitrogens with one attached hydrogen (secondary N) is 2. The third kappa shape index (κ3) is 5.01. The molecule has 0 saturated heterocycles. The van der Waals surface area contributed by atoms with Gasteiger partial charge in [0.15, 0.2) is 5.96 Å². The van der Waals surface area contributed by atoms with Crippen molar-refractivity contribution in [1.29, 1.82) is 0 Å². The summed E-state index contributed by atoms with van der Waals surface area (Å²) in [6.07, 6.45) is 0. The molecular formula is C20H27N3O. The molecule has 2 N–H and O–H groups in total. The molecule has 24 heavy (non-hydrogen) atoms. The van der Waals surface area contributed by atoms with E-state index in [1.54, 1.807) is 14.2 Å².